The van der Waals surface area contributed by atoms with E-state index >= 15 is 0 Å². The van der Waals surface area contributed by atoms with Gasteiger partial charge in [-0.1, -0.05) is 17.7 Å². The van der Waals surface area contributed by atoms with Crippen LogP contribution in [-0.2, 0) is 19.6 Å². The summed E-state index contributed by atoms with van der Waals surface area (Å²) in [6.07, 6.45) is 0.265. The molecule has 1 N–H and O–H groups in total. The molecule has 1 heterocycles. The number of halogens is 1. The van der Waals surface area contributed by atoms with Crippen LogP contribution in [0.4, 0.5) is 11.4 Å². The molecular formula is C19H19ClN2O6S. The molecule has 1 aliphatic heterocycles. The number of sulfonamides is 1. The highest BCUT2D eigenvalue weighted by Gasteiger charge is 2.31. The van der Waals surface area contributed by atoms with Gasteiger partial charge in [0.2, 0.25) is 10.0 Å². The molecule has 1 atom stereocenters. The Labute approximate surface area is 173 Å². The molecule has 154 valence electrons. The van der Waals surface area contributed by atoms with E-state index in [2.05, 4.69) is 10.1 Å². The molecule has 0 bridgehead atoms. The van der Waals surface area contributed by atoms with Gasteiger partial charge in [-0.25, -0.2) is 13.2 Å². The number of carbonyl (C=O) groups is 2. The summed E-state index contributed by atoms with van der Waals surface area (Å²) in [5, 5.41) is 3.04. The Morgan fingerprint density at radius 3 is 2.69 bits per heavy atom. The van der Waals surface area contributed by atoms with Crippen molar-refractivity contribution >= 4 is 44.9 Å². The Kier molecular flexibility index (Phi) is 5.99. The summed E-state index contributed by atoms with van der Waals surface area (Å²) in [4.78, 5) is 24.4. The van der Waals surface area contributed by atoms with Crippen molar-refractivity contribution in [2.24, 2.45) is 0 Å². The Balaban J connectivity index is 1.84. The number of methoxy groups -OCH3 is 1. The lowest BCUT2D eigenvalue weighted by molar-refractivity contribution is -0.122. The number of ether oxygens (including phenoxy) is 2. The van der Waals surface area contributed by atoms with Gasteiger partial charge in [-0.2, -0.15) is 0 Å². The third-order valence-corrected chi connectivity index (χ3v) is 5.71. The van der Waals surface area contributed by atoms with Gasteiger partial charge >= 0.3 is 5.97 Å². The van der Waals surface area contributed by atoms with Crippen molar-refractivity contribution in [2.75, 3.05) is 29.5 Å². The van der Waals surface area contributed by atoms with Crippen LogP contribution in [0.1, 0.15) is 16.8 Å². The third-order valence-electron chi connectivity index (χ3n) is 4.30. The van der Waals surface area contributed by atoms with Crippen LogP contribution in [0, 0.1) is 0 Å². The van der Waals surface area contributed by atoms with E-state index in [0.29, 0.717) is 10.7 Å². The van der Waals surface area contributed by atoms with E-state index in [-0.39, 0.29) is 30.0 Å². The van der Waals surface area contributed by atoms with Gasteiger partial charge in [0.15, 0.2) is 6.10 Å². The van der Waals surface area contributed by atoms with Gasteiger partial charge < -0.3 is 14.8 Å². The number of amides is 1. The molecule has 1 aliphatic rings. The lowest BCUT2D eigenvalue weighted by Gasteiger charge is -2.21. The molecule has 1 unspecified atom stereocenters. The minimum Gasteiger partial charge on any atom is -0.478 e. The first-order valence-electron chi connectivity index (χ1n) is 8.62. The second-order valence-corrected chi connectivity index (χ2v) is 8.75. The number of anilines is 2. The van der Waals surface area contributed by atoms with Crippen molar-refractivity contribution in [1.82, 2.24) is 0 Å². The molecule has 0 spiro atoms. The first-order chi connectivity index (χ1) is 13.7. The van der Waals surface area contributed by atoms with Crippen LogP contribution in [0.15, 0.2) is 42.5 Å². The van der Waals surface area contributed by atoms with Crippen molar-refractivity contribution in [3.05, 3.63) is 53.1 Å². The van der Waals surface area contributed by atoms with Crippen LogP contribution in [-0.4, -0.2) is 46.3 Å². The molecule has 1 amide bonds. The number of fused-ring (bicyclic) bond motifs is 1. The summed E-state index contributed by atoms with van der Waals surface area (Å²) >= 11 is 6.01. The number of hydrogen-bond acceptors (Lipinski definition) is 6. The second kappa shape index (κ2) is 8.30. The van der Waals surface area contributed by atoms with Crippen LogP contribution < -0.4 is 14.4 Å². The van der Waals surface area contributed by atoms with E-state index in [9.17, 15) is 18.0 Å². The smallest absolute Gasteiger partial charge is 0.337 e. The number of benzene rings is 2. The van der Waals surface area contributed by atoms with Crippen molar-refractivity contribution in [3.63, 3.8) is 0 Å². The molecule has 0 fully saturated rings. The van der Waals surface area contributed by atoms with Gasteiger partial charge in [0, 0.05) is 23.7 Å². The third kappa shape index (κ3) is 4.80. The van der Waals surface area contributed by atoms with Crippen molar-refractivity contribution in [2.45, 2.75) is 12.5 Å². The highest BCUT2D eigenvalue weighted by atomic mass is 35.5. The summed E-state index contributed by atoms with van der Waals surface area (Å²) in [7, 11) is -2.33. The Morgan fingerprint density at radius 1 is 1.24 bits per heavy atom. The van der Waals surface area contributed by atoms with E-state index in [0.717, 1.165) is 6.26 Å². The molecule has 0 aliphatic carbocycles. The predicted molar refractivity (Wildman–Crippen MR) is 109 cm³/mol. The first-order valence-corrected chi connectivity index (χ1v) is 10.8. The quantitative estimate of drug-likeness (QED) is 0.736. The van der Waals surface area contributed by atoms with Gasteiger partial charge in [-0.3, -0.25) is 9.10 Å². The number of nitrogens with one attached hydrogen (secondary N) is 1. The van der Waals surface area contributed by atoms with Gasteiger partial charge in [-0.15, -0.1) is 0 Å². The monoisotopic (exact) mass is 438 g/mol. The van der Waals surface area contributed by atoms with E-state index in [4.69, 9.17) is 16.3 Å². The van der Waals surface area contributed by atoms with Crippen LogP contribution >= 0.6 is 11.6 Å². The molecule has 8 nitrogen and oxygen atoms in total. The van der Waals surface area contributed by atoms with Gasteiger partial charge in [0.05, 0.1) is 24.6 Å². The summed E-state index contributed by atoms with van der Waals surface area (Å²) < 4.78 is 36.0. The summed E-state index contributed by atoms with van der Waals surface area (Å²) in [5.41, 5.74) is 0.959. The zero-order chi connectivity index (χ0) is 21.2. The van der Waals surface area contributed by atoms with E-state index in [1.165, 1.54) is 29.6 Å². The standard InChI is InChI=1S/C19H19ClN2O6S/c1-27-19(24)12-4-3-5-14(10-12)21-18(23)17-8-9-22(29(2,25)26)15-11-13(20)6-7-16(15)28-17/h3-7,10-11,17H,8-9H2,1-2H3,(H,21,23). The minimum absolute atomic E-state index is 0.0481. The lowest BCUT2D eigenvalue weighted by atomic mass is 10.2. The van der Waals surface area contributed by atoms with Gasteiger partial charge in [0.25, 0.3) is 5.91 Å². The summed E-state index contributed by atoms with van der Waals surface area (Å²) in [6, 6.07) is 10.8. The van der Waals surface area contributed by atoms with Gasteiger partial charge in [0.1, 0.15) is 5.75 Å². The molecule has 0 radical (unpaired) electrons. The molecule has 2 aromatic rings. The molecular weight excluding hydrogens is 420 g/mol. The van der Waals surface area contributed by atoms with E-state index < -0.39 is 28.0 Å². The fourth-order valence-electron chi connectivity index (χ4n) is 2.95. The Hall–Kier alpha value is -2.78. The fourth-order valence-corrected chi connectivity index (χ4v) is 4.05. The van der Waals surface area contributed by atoms with E-state index in [1.807, 2.05) is 0 Å². The van der Waals surface area contributed by atoms with Gasteiger partial charge in [-0.05, 0) is 36.4 Å². The minimum atomic E-state index is -3.59. The average Bonchev–Trinajstić information content (AvgIpc) is 2.86. The SMILES string of the molecule is COC(=O)c1cccc(NC(=O)C2CCN(S(C)(=O)=O)c3cc(Cl)ccc3O2)c1. The highest BCUT2D eigenvalue weighted by molar-refractivity contribution is 7.92. The maximum Gasteiger partial charge on any atom is 0.337 e. The summed E-state index contributed by atoms with van der Waals surface area (Å²) in [6.45, 7) is 0.0481. The zero-order valence-corrected chi connectivity index (χ0v) is 17.3. The predicted octanol–water partition coefficient (Wildman–Crippen LogP) is 2.68. The molecule has 2 aromatic carbocycles. The second-order valence-electron chi connectivity index (χ2n) is 6.40. The first kappa shape index (κ1) is 20.9. The molecule has 29 heavy (non-hydrogen) atoms. The largest absolute Gasteiger partial charge is 0.478 e. The molecule has 3 rings (SSSR count). The van der Waals surface area contributed by atoms with Crippen LogP contribution in [0.3, 0.4) is 0 Å². The molecule has 10 heteroatoms. The number of rotatable bonds is 4. The Bertz CT molecular complexity index is 1060. The van der Waals surface area contributed by atoms with E-state index in [1.54, 1.807) is 24.3 Å². The number of hydrogen-bond donors (Lipinski definition) is 1. The number of nitrogens with zero attached hydrogens (tertiary/aromatic N) is 1. The maximum atomic E-state index is 12.8. The molecule has 0 saturated heterocycles. The van der Waals surface area contributed by atoms with Crippen molar-refractivity contribution in [3.8, 4) is 5.75 Å². The lowest BCUT2D eigenvalue weighted by Crippen LogP contribution is -2.36. The molecule has 0 saturated carbocycles. The average molecular weight is 439 g/mol. The van der Waals surface area contributed by atoms with Crippen LogP contribution in [0.25, 0.3) is 0 Å². The molecule has 0 aromatic heterocycles. The zero-order valence-electron chi connectivity index (χ0n) is 15.7. The van der Waals surface area contributed by atoms with Crippen molar-refractivity contribution < 1.29 is 27.5 Å². The number of carbonyl (C=O) groups excluding carboxylic acids is 2. The maximum absolute atomic E-state index is 12.8. The normalized spacial score (nSPS) is 16.2. The van der Waals surface area contributed by atoms with Crippen LogP contribution in [0.2, 0.25) is 5.02 Å². The van der Waals surface area contributed by atoms with Crippen LogP contribution in [0.5, 0.6) is 5.75 Å². The Morgan fingerprint density at radius 2 is 2.00 bits per heavy atom. The topological polar surface area (TPSA) is 102 Å². The summed E-state index contributed by atoms with van der Waals surface area (Å²) in [5.74, 6) is -0.759. The number of esters is 1. The highest BCUT2D eigenvalue weighted by Crippen LogP contribution is 2.36. The fraction of sp³-hybridized carbons (Fsp3) is 0.263. The van der Waals surface area contributed by atoms with Crippen molar-refractivity contribution in [1.29, 1.82) is 0 Å².